The number of methoxy groups -OCH3 is 1. The zero-order chi connectivity index (χ0) is 23.6. The van der Waals surface area contributed by atoms with Gasteiger partial charge in [0.25, 0.3) is 11.7 Å². The summed E-state index contributed by atoms with van der Waals surface area (Å²) in [6.45, 7) is 10.5. The van der Waals surface area contributed by atoms with Gasteiger partial charge in [0.2, 0.25) is 0 Å². The number of ketones is 1. The van der Waals surface area contributed by atoms with E-state index in [1.165, 1.54) is 0 Å². The summed E-state index contributed by atoms with van der Waals surface area (Å²) in [5.41, 5.74) is 4.29. The molecule has 0 radical (unpaired) electrons. The van der Waals surface area contributed by atoms with Crippen molar-refractivity contribution < 1.29 is 19.4 Å². The highest BCUT2D eigenvalue weighted by molar-refractivity contribution is 6.46. The summed E-state index contributed by atoms with van der Waals surface area (Å²) in [6, 6.07) is 10.9. The van der Waals surface area contributed by atoms with Crippen LogP contribution in [0, 0.1) is 13.8 Å². The van der Waals surface area contributed by atoms with Gasteiger partial charge in [-0.15, -0.1) is 0 Å². The van der Waals surface area contributed by atoms with E-state index in [4.69, 9.17) is 4.74 Å². The third kappa shape index (κ3) is 4.29. The van der Waals surface area contributed by atoms with E-state index in [9.17, 15) is 14.7 Å². The fraction of sp³-hybridized carbons (Fsp3) is 0.407. The maximum absolute atomic E-state index is 13.2. The number of Topliss-reactive ketones (excluding diaryl/α,β-unsaturated/α-hetero) is 1. The van der Waals surface area contributed by atoms with Gasteiger partial charge in [0.1, 0.15) is 11.5 Å². The van der Waals surface area contributed by atoms with Gasteiger partial charge in [-0.2, -0.15) is 0 Å². The van der Waals surface area contributed by atoms with Crippen molar-refractivity contribution in [2.45, 2.75) is 59.4 Å². The van der Waals surface area contributed by atoms with E-state index in [-0.39, 0.29) is 17.3 Å². The maximum Gasteiger partial charge on any atom is 0.295 e. The molecule has 0 spiro atoms. The van der Waals surface area contributed by atoms with Crippen LogP contribution in [-0.4, -0.2) is 35.4 Å². The van der Waals surface area contributed by atoms with Crippen molar-refractivity contribution in [1.29, 1.82) is 0 Å². The summed E-state index contributed by atoms with van der Waals surface area (Å²) in [6.07, 6.45) is 1.69. The molecule has 3 rings (SSSR count). The molecule has 1 amide bonds. The first-order chi connectivity index (χ1) is 15.2. The molecule has 1 heterocycles. The smallest absolute Gasteiger partial charge is 0.295 e. The van der Waals surface area contributed by atoms with E-state index in [0.29, 0.717) is 12.1 Å². The van der Waals surface area contributed by atoms with Gasteiger partial charge in [0, 0.05) is 12.1 Å². The van der Waals surface area contributed by atoms with Crippen LogP contribution in [0.1, 0.15) is 73.4 Å². The van der Waals surface area contributed by atoms with Crippen molar-refractivity contribution in [2.75, 3.05) is 13.7 Å². The summed E-state index contributed by atoms with van der Waals surface area (Å²) in [5.74, 6) is -0.409. The molecule has 0 saturated carbocycles. The first-order valence-corrected chi connectivity index (χ1v) is 11.2. The van der Waals surface area contributed by atoms with Gasteiger partial charge in [-0.3, -0.25) is 9.59 Å². The van der Waals surface area contributed by atoms with Crippen LogP contribution in [0.5, 0.6) is 5.75 Å². The maximum atomic E-state index is 13.2. The number of aliphatic hydroxyl groups is 1. The highest BCUT2D eigenvalue weighted by Gasteiger charge is 2.45. The van der Waals surface area contributed by atoms with Gasteiger partial charge < -0.3 is 14.7 Å². The first kappa shape index (κ1) is 23.6. The lowest BCUT2D eigenvalue weighted by Crippen LogP contribution is -2.30. The second-order valence-corrected chi connectivity index (χ2v) is 8.82. The monoisotopic (exact) mass is 435 g/mol. The fourth-order valence-electron chi connectivity index (χ4n) is 4.35. The molecule has 2 aromatic carbocycles. The van der Waals surface area contributed by atoms with E-state index < -0.39 is 17.7 Å². The van der Waals surface area contributed by atoms with Crippen LogP contribution in [0.15, 0.2) is 42.0 Å². The number of carbonyl (C=O) groups excluding carboxylic acids is 2. The zero-order valence-corrected chi connectivity index (χ0v) is 19.9. The van der Waals surface area contributed by atoms with Gasteiger partial charge in [-0.05, 0) is 55.0 Å². The predicted molar refractivity (Wildman–Crippen MR) is 127 cm³/mol. The van der Waals surface area contributed by atoms with Gasteiger partial charge >= 0.3 is 0 Å². The lowest BCUT2D eigenvalue weighted by atomic mass is 9.90. The second-order valence-electron chi connectivity index (χ2n) is 8.82. The highest BCUT2D eigenvalue weighted by Crippen LogP contribution is 2.41. The minimum Gasteiger partial charge on any atom is -0.507 e. The molecule has 1 N–H and O–H groups in total. The van der Waals surface area contributed by atoms with E-state index in [2.05, 4.69) is 0 Å². The fourth-order valence-corrected chi connectivity index (χ4v) is 4.35. The molecule has 5 nitrogen and oxygen atoms in total. The molecule has 1 aliphatic rings. The molecule has 0 bridgehead atoms. The molecule has 1 fully saturated rings. The number of hydrogen-bond donors (Lipinski definition) is 1. The van der Waals surface area contributed by atoms with Crippen LogP contribution in [0.2, 0.25) is 0 Å². The summed E-state index contributed by atoms with van der Waals surface area (Å²) < 4.78 is 5.52. The quantitative estimate of drug-likeness (QED) is 0.346. The highest BCUT2D eigenvalue weighted by atomic mass is 16.5. The average Bonchev–Trinajstić information content (AvgIpc) is 3.01. The predicted octanol–water partition coefficient (Wildman–Crippen LogP) is 5.66. The van der Waals surface area contributed by atoms with Gasteiger partial charge in [-0.1, -0.05) is 57.0 Å². The Bertz CT molecular complexity index is 1070. The molecular weight excluding hydrogens is 402 g/mol. The molecule has 0 aliphatic carbocycles. The Labute approximate surface area is 190 Å². The van der Waals surface area contributed by atoms with Crippen molar-refractivity contribution >= 4 is 17.4 Å². The molecule has 1 unspecified atom stereocenters. The number of likely N-dealkylation sites (tertiary alicyclic amines) is 1. The molecule has 1 saturated heterocycles. The molecule has 5 heteroatoms. The number of carbonyl (C=O) groups is 2. The molecule has 1 atom stereocenters. The number of aryl methyl sites for hydroxylation is 2. The van der Waals surface area contributed by atoms with Crippen molar-refractivity contribution in [2.24, 2.45) is 0 Å². The normalized spacial score (nSPS) is 18.0. The number of nitrogens with zero attached hydrogens (tertiary/aromatic N) is 1. The molecule has 1 aliphatic heterocycles. The van der Waals surface area contributed by atoms with Crippen LogP contribution in [-0.2, 0) is 9.59 Å². The van der Waals surface area contributed by atoms with Crippen LogP contribution >= 0.6 is 0 Å². The molecule has 32 heavy (non-hydrogen) atoms. The van der Waals surface area contributed by atoms with Crippen LogP contribution < -0.4 is 4.74 Å². The van der Waals surface area contributed by atoms with Crippen molar-refractivity contribution in [3.05, 3.63) is 69.8 Å². The second kappa shape index (κ2) is 9.60. The Morgan fingerprint density at radius 1 is 1.16 bits per heavy atom. The number of rotatable bonds is 7. The van der Waals surface area contributed by atoms with Crippen molar-refractivity contribution in [1.82, 2.24) is 4.90 Å². The Balaban J connectivity index is 2.25. The summed E-state index contributed by atoms with van der Waals surface area (Å²) >= 11 is 0. The van der Waals surface area contributed by atoms with Gasteiger partial charge in [-0.25, -0.2) is 0 Å². The summed E-state index contributed by atoms with van der Waals surface area (Å²) in [5, 5.41) is 11.4. The molecule has 170 valence electrons. The largest absolute Gasteiger partial charge is 0.507 e. The molecular formula is C27H33NO4. The Hall–Kier alpha value is -3.08. The summed E-state index contributed by atoms with van der Waals surface area (Å²) in [4.78, 5) is 27.8. The van der Waals surface area contributed by atoms with E-state index in [1.807, 2.05) is 71.0 Å². The number of benzene rings is 2. The van der Waals surface area contributed by atoms with E-state index in [1.54, 1.807) is 12.0 Å². The molecule has 2 aromatic rings. The Morgan fingerprint density at radius 3 is 2.47 bits per heavy atom. The van der Waals surface area contributed by atoms with Gasteiger partial charge in [0.05, 0.1) is 18.7 Å². The number of hydrogen-bond acceptors (Lipinski definition) is 4. The third-order valence-electron chi connectivity index (χ3n) is 6.10. The number of aliphatic hydroxyl groups excluding tert-OH is 1. The number of unbranched alkanes of at least 4 members (excludes halogenated alkanes) is 1. The lowest BCUT2D eigenvalue weighted by Gasteiger charge is -2.26. The topological polar surface area (TPSA) is 66.8 Å². The van der Waals surface area contributed by atoms with Crippen molar-refractivity contribution in [3.8, 4) is 5.75 Å². The van der Waals surface area contributed by atoms with Crippen LogP contribution in [0.25, 0.3) is 5.76 Å². The van der Waals surface area contributed by atoms with Crippen molar-refractivity contribution in [3.63, 3.8) is 0 Å². The number of ether oxygens (including phenoxy) is 1. The standard InChI is InChI=1S/C27H33NO4/c1-7-8-12-28-24(19-11-9-10-17(4)13-19)23(26(30)27(28)31)25(29)21-15-20(16(2)3)22(32-6)14-18(21)5/h9-11,13-16,24,29H,7-8,12H2,1-6H3/b25-23+. The Morgan fingerprint density at radius 2 is 1.88 bits per heavy atom. The van der Waals surface area contributed by atoms with E-state index in [0.717, 1.165) is 40.8 Å². The zero-order valence-electron chi connectivity index (χ0n) is 19.9. The van der Waals surface area contributed by atoms with Crippen LogP contribution in [0.3, 0.4) is 0 Å². The Kier molecular flexibility index (Phi) is 7.07. The first-order valence-electron chi connectivity index (χ1n) is 11.2. The lowest BCUT2D eigenvalue weighted by molar-refractivity contribution is -0.139. The van der Waals surface area contributed by atoms with E-state index >= 15 is 0 Å². The molecule has 0 aromatic heterocycles. The third-order valence-corrected chi connectivity index (χ3v) is 6.10. The minimum atomic E-state index is -0.633. The summed E-state index contributed by atoms with van der Waals surface area (Å²) in [7, 11) is 1.62. The average molecular weight is 436 g/mol. The van der Waals surface area contributed by atoms with Gasteiger partial charge in [0.15, 0.2) is 0 Å². The minimum absolute atomic E-state index is 0.129. The number of amides is 1. The van der Waals surface area contributed by atoms with Crippen LogP contribution in [0.4, 0.5) is 0 Å². The SMILES string of the molecule is CCCCN1C(=O)C(=O)/C(=C(/O)c2cc(C(C)C)c(OC)cc2C)C1c1cccc(C)c1.